The molecular formula is C17H21NO2. The van der Waals surface area contributed by atoms with Gasteiger partial charge in [0.05, 0.1) is 5.69 Å². The molecule has 0 unspecified atom stereocenters. The highest BCUT2D eigenvalue weighted by Gasteiger charge is 2.16. The van der Waals surface area contributed by atoms with Crippen LogP contribution in [0.15, 0.2) is 24.3 Å². The number of para-hydroxylation sites is 1. The number of benzene rings is 1. The molecular weight excluding hydrogens is 250 g/mol. The van der Waals surface area contributed by atoms with E-state index in [9.17, 15) is 4.79 Å². The second-order valence-corrected chi connectivity index (χ2v) is 5.24. The number of aliphatic hydroxyl groups excluding tert-OH is 1. The maximum atomic E-state index is 12.0. The average Bonchev–Trinajstić information content (AvgIpc) is 2.97. The molecule has 1 aromatic carbocycles. The van der Waals surface area contributed by atoms with Gasteiger partial charge in [0, 0.05) is 12.0 Å². The molecule has 1 aromatic rings. The lowest BCUT2D eigenvalue weighted by atomic mass is 10.0. The van der Waals surface area contributed by atoms with Gasteiger partial charge in [0.15, 0.2) is 0 Å². The van der Waals surface area contributed by atoms with Crippen LogP contribution in [0, 0.1) is 17.8 Å². The number of anilines is 1. The maximum Gasteiger partial charge on any atom is 0.224 e. The smallest absolute Gasteiger partial charge is 0.224 e. The summed E-state index contributed by atoms with van der Waals surface area (Å²) in [6.45, 7) is -0.177. The number of hydrogen-bond acceptors (Lipinski definition) is 2. The van der Waals surface area contributed by atoms with Gasteiger partial charge >= 0.3 is 0 Å². The van der Waals surface area contributed by atoms with Crippen LogP contribution in [-0.2, 0) is 4.79 Å². The van der Waals surface area contributed by atoms with Gasteiger partial charge in [-0.25, -0.2) is 0 Å². The molecule has 1 aliphatic rings. The summed E-state index contributed by atoms with van der Waals surface area (Å²) in [6.07, 6.45) is 6.72. The summed E-state index contributed by atoms with van der Waals surface area (Å²) >= 11 is 0. The zero-order valence-corrected chi connectivity index (χ0v) is 11.7. The van der Waals surface area contributed by atoms with E-state index in [0.717, 1.165) is 23.6 Å². The molecule has 1 saturated carbocycles. The van der Waals surface area contributed by atoms with Gasteiger partial charge in [0.2, 0.25) is 5.91 Å². The molecule has 2 rings (SSSR count). The third kappa shape index (κ3) is 4.40. The number of carbonyl (C=O) groups is 1. The molecule has 20 heavy (non-hydrogen) atoms. The van der Waals surface area contributed by atoms with Crippen LogP contribution in [-0.4, -0.2) is 17.6 Å². The van der Waals surface area contributed by atoms with E-state index in [-0.39, 0.29) is 12.5 Å². The van der Waals surface area contributed by atoms with Gasteiger partial charge in [0.25, 0.3) is 0 Å². The summed E-state index contributed by atoms with van der Waals surface area (Å²) < 4.78 is 0. The topological polar surface area (TPSA) is 49.3 Å². The Labute approximate surface area is 120 Å². The van der Waals surface area contributed by atoms with Crippen LogP contribution >= 0.6 is 0 Å². The van der Waals surface area contributed by atoms with Crippen molar-refractivity contribution in [3.05, 3.63) is 29.8 Å². The first-order valence-electron chi connectivity index (χ1n) is 7.28. The monoisotopic (exact) mass is 271 g/mol. The molecule has 0 heterocycles. The number of rotatable bonds is 4. The minimum absolute atomic E-state index is 0.0511. The fraction of sp³-hybridized carbons (Fsp3) is 0.471. The zero-order chi connectivity index (χ0) is 14.2. The van der Waals surface area contributed by atoms with E-state index in [0.29, 0.717) is 6.42 Å². The van der Waals surface area contributed by atoms with Crippen molar-refractivity contribution in [2.75, 3.05) is 11.9 Å². The molecule has 0 aromatic heterocycles. The highest BCUT2D eigenvalue weighted by Crippen LogP contribution is 2.28. The van der Waals surface area contributed by atoms with Crippen LogP contribution in [0.3, 0.4) is 0 Å². The van der Waals surface area contributed by atoms with Crippen molar-refractivity contribution in [1.82, 2.24) is 0 Å². The van der Waals surface area contributed by atoms with E-state index in [2.05, 4.69) is 17.2 Å². The van der Waals surface area contributed by atoms with Crippen molar-refractivity contribution in [2.45, 2.75) is 38.5 Å². The van der Waals surface area contributed by atoms with Crippen molar-refractivity contribution in [1.29, 1.82) is 0 Å². The first kappa shape index (κ1) is 14.6. The maximum absolute atomic E-state index is 12.0. The van der Waals surface area contributed by atoms with E-state index in [1.165, 1.54) is 25.7 Å². The summed E-state index contributed by atoms with van der Waals surface area (Å²) in [5.41, 5.74) is 1.47. The summed E-state index contributed by atoms with van der Waals surface area (Å²) in [7, 11) is 0. The lowest BCUT2D eigenvalue weighted by Crippen LogP contribution is -2.13. The summed E-state index contributed by atoms with van der Waals surface area (Å²) in [5, 5.41) is 11.7. The molecule has 0 bridgehead atoms. The minimum atomic E-state index is -0.177. The number of amides is 1. The first-order valence-corrected chi connectivity index (χ1v) is 7.28. The Morgan fingerprint density at radius 3 is 2.80 bits per heavy atom. The Balaban J connectivity index is 1.90. The standard InChI is InChI=1S/C17H21NO2/c19-13-5-9-15-8-3-4-10-16(15)18-17(20)12-11-14-6-1-2-7-14/h3-4,8,10,14,19H,1-2,6-7,11-13H2,(H,18,20). The van der Waals surface area contributed by atoms with Crippen LogP contribution in [0.5, 0.6) is 0 Å². The van der Waals surface area contributed by atoms with Gasteiger partial charge in [-0.1, -0.05) is 49.7 Å². The van der Waals surface area contributed by atoms with E-state index >= 15 is 0 Å². The fourth-order valence-corrected chi connectivity index (χ4v) is 2.68. The van der Waals surface area contributed by atoms with Crippen LogP contribution < -0.4 is 5.32 Å². The van der Waals surface area contributed by atoms with Gasteiger partial charge in [-0.15, -0.1) is 0 Å². The zero-order valence-electron chi connectivity index (χ0n) is 11.7. The molecule has 0 spiro atoms. The summed E-state index contributed by atoms with van der Waals surface area (Å²) in [5.74, 6) is 6.24. The number of nitrogens with one attached hydrogen (secondary N) is 1. The first-order chi connectivity index (χ1) is 9.79. The van der Waals surface area contributed by atoms with Crippen molar-refractivity contribution < 1.29 is 9.90 Å². The molecule has 0 aliphatic heterocycles. The van der Waals surface area contributed by atoms with Gasteiger partial charge < -0.3 is 10.4 Å². The van der Waals surface area contributed by atoms with Crippen molar-refractivity contribution in [3.8, 4) is 11.8 Å². The Morgan fingerprint density at radius 2 is 2.05 bits per heavy atom. The molecule has 2 N–H and O–H groups in total. The van der Waals surface area contributed by atoms with E-state index in [1.54, 1.807) is 0 Å². The van der Waals surface area contributed by atoms with Gasteiger partial charge in [0.1, 0.15) is 6.61 Å². The SMILES string of the molecule is O=C(CCC1CCCC1)Nc1ccccc1C#CCO. The Morgan fingerprint density at radius 1 is 1.30 bits per heavy atom. The molecule has 0 radical (unpaired) electrons. The number of carbonyl (C=O) groups excluding carboxylic acids is 1. The molecule has 0 saturated heterocycles. The van der Waals surface area contributed by atoms with Gasteiger partial charge in [-0.2, -0.15) is 0 Å². The summed E-state index contributed by atoms with van der Waals surface area (Å²) in [4.78, 5) is 12.0. The van der Waals surface area contributed by atoms with Crippen LogP contribution in [0.4, 0.5) is 5.69 Å². The number of hydrogen-bond donors (Lipinski definition) is 2. The Hall–Kier alpha value is -1.79. The van der Waals surface area contributed by atoms with Crippen molar-refractivity contribution >= 4 is 11.6 Å². The molecule has 3 nitrogen and oxygen atoms in total. The number of aliphatic hydroxyl groups is 1. The third-order valence-electron chi connectivity index (χ3n) is 3.76. The second kappa shape index (κ2) is 7.72. The van der Waals surface area contributed by atoms with E-state index < -0.39 is 0 Å². The lowest BCUT2D eigenvalue weighted by Gasteiger charge is -2.10. The van der Waals surface area contributed by atoms with Crippen LogP contribution in [0.1, 0.15) is 44.1 Å². The summed E-state index contributed by atoms with van der Waals surface area (Å²) in [6, 6.07) is 7.43. The van der Waals surface area contributed by atoms with Gasteiger partial charge in [-0.05, 0) is 24.5 Å². The van der Waals surface area contributed by atoms with Crippen molar-refractivity contribution in [2.24, 2.45) is 5.92 Å². The van der Waals surface area contributed by atoms with E-state index in [4.69, 9.17) is 5.11 Å². The average molecular weight is 271 g/mol. The second-order valence-electron chi connectivity index (χ2n) is 5.24. The molecule has 1 amide bonds. The normalized spacial score (nSPS) is 14.7. The largest absolute Gasteiger partial charge is 0.384 e. The third-order valence-corrected chi connectivity index (χ3v) is 3.76. The van der Waals surface area contributed by atoms with Gasteiger partial charge in [-0.3, -0.25) is 4.79 Å². The molecule has 3 heteroatoms. The highest BCUT2D eigenvalue weighted by molar-refractivity contribution is 5.92. The van der Waals surface area contributed by atoms with Crippen LogP contribution in [0.25, 0.3) is 0 Å². The van der Waals surface area contributed by atoms with Crippen LogP contribution in [0.2, 0.25) is 0 Å². The molecule has 0 atom stereocenters. The quantitative estimate of drug-likeness (QED) is 0.827. The highest BCUT2D eigenvalue weighted by atomic mass is 16.2. The Bertz CT molecular complexity index is 507. The fourth-order valence-electron chi connectivity index (χ4n) is 2.68. The van der Waals surface area contributed by atoms with Crippen molar-refractivity contribution in [3.63, 3.8) is 0 Å². The predicted octanol–water partition coefficient (Wildman–Crippen LogP) is 2.94. The minimum Gasteiger partial charge on any atom is -0.384 e. The predicted molar refractivity (Wildman–Crippen MR) is 80.2 cm³/mol. The van der Waals surface area contributed by atoms with E-state index in [1.807, 2.05) is 24.3 Å². The molecule has 1 aliphatic carbocycles. The molecule has 1 fully saturated rings. The molecule has 106 valence electrons. The lowest BCUT2D eigenvalue weighted by molar-refractivity contribution is -0.116. The Kier molecular flexibility index (Phi) is 5.64.